The molecular weight excluding hydrogens is 172 g/mol. The standard InChI is InChI=1S/C12H24N2/c1-3-11-12(5-4-10-14(11)2)6-8-13-9-7-12/h11,13H,3-10H2,1-2H3. The maximum absolute atomic E-state index is 3.50. The average Bonchev–Trinajstić information content (AvgIpc) is 2.19. The Morgan fingerprint density at radius 3 is 2.64 bits per heavy atom. The van der Waals surface area contributed by atoms with E-state index in [1.807, 2.05) is 0 Å². The maximum atomic E-state index is 3.50. The highest BCUT2D eigenvalue weighted by atomic mass is 15.2. The fourth-order valence-electron chi connectivity index (χ4n) is 3.72. The van der Waals surface area contributed by atoms with E-state index < -0.39 is 0 Å². The molecule has 0 aromatic rings. The normalized spacial score (nSPS) is 33.4. The lowest BCUT2D eigenvalue weighted by Gasteiger charge is -2.51. The molecule has 0 saturated carbocycles. The van der Waals surface area contributed by atoms with Gasteiger partial charge in [-0.15, -0.1) is 0 Å². The Morgan fingerprint density at radius 2 is 2.00 bits per heavy atom. The predicted octanol–water partition coefficient (Wildman–Crippen LogP) is 1.86. The summed E-state index contributed by atoms with van der Waals surface area (Å²) in [5.74, 6) is 0. The Morgan fingerprint density at radius 1 is 1.29 bits per heavy atom. The minimum atomic E-state index is 0.660. The molecule has 2 heteroatoms. The van der Waals surface area contributed by atoms with E-state index in [9.17, 15) is 0 Å². The third kappa shape index (κ3) is 1.70. The topological polar surface area (TPSA) is 15.3 Å². The van der Waals surface area contributed by atoms with Crippen LogP contribution < -0.4 is 5.32 Å². The van der Waals surface area contributed by atoms with E-state index in [2.05, 4.69) is 24.2 Å². The van der Waals surface area contributed by atoms with Gasteiger partial charge in [-0.1, -0.05) is 6.92 Å². The molecular formula is C12H24N2. The quantitative estimate of drug-likeness (QED) is 0.688. The lowest BCUT2D eigenvalue weighted by Crippen LogP contribution is -2.54. The van der Waals surface area contributed by atoms with E-state index in [0.717, 1.165) is 6.04 Å². The molecule has 0 aromatic heterocycles. The first-order valence-corrected chi connectivity index (χ1v) is 6.19. The maximum Gasteiger partial charge on any atom is 0.0147 e. The fourth-order valence-corrected chi connectivity index (χ4v) is 3.72. The molecule has 0 bridgehead atoms. The molecule has 2 nitrogen and oxygen atoms in total. The zero-order valence-corrected chi connectivity index (χ0v) is 9.68. The lowest BCUT2D eigenvalue weighted by atomic mass is 9.66. The van der Waals surface area contributed by atoms with Crippen LogP contribution in [0.1, 0.15) is 39.0 Å². The van der Waals surface area contributed by atoms with Gasteiger partial charge in [-0.05, 0) is 64.2 Å². The molecule has 2 aliphatic heterocycles. The average molecular weight is 196 g/mol. The van der Waals surface area contributed by atoms with Gasteiger partial charge >= 0.3 is 0 Å². The van der Waals surface area contributed by atoms with Crippen LogP contribution in [0.5, 0.6) is 0 Å². The fraction of sp³-hybridized carbons (Fsp3) is 1.00. The van der Waals surface area contributed by atoms with Crippen LogP contribution in [0.3, 0.4) is 0 Å². The van der Waals surface area contributed by atoms with Gasteiger partial charge in [0.2, 0.25) is 0 Å². The first kappa shape index (κ1) is 10.4. The molecule has 1 atom stereocenters. The van der Waals surface area contributed by atoms with Gasteiger partial charge in [0.05, 0.1) is 0 Å². The van der Waals surface area contributed by atoms with E-state index in [1.165, 1.54) is 51.7 Å². The number of hydrogen-bond acceptors (Lipinski definition) is 2. The van der Waals surface area contributed by atoms with Crippen LogP contribution in [0.4, 0.5) is 0 Å². The van der Waals surface area contributed by atoms with Crippen LogP contribution in [0.15, 0.2) is 0 Å². The second-order valence-electron chi connectivity index (χ2n) is 5.12. The molecule has 0 amide bonds. The van der Waals surface area contributed by atoms with E-state index in [4.69, 9.17) is 0 Å². The highest BCUT2D eigenvalue weighted by Gasteiger charge is 2.42. The van der Waals surface area contributed by atoms with Crippen LogP contribution in [0.25, 0.3) is 0 Å². The number of rotatable bonds is 1. The highest BCUT2D eigenvalue weighted by molar-refractivity contribution is 4.97. The molecule has 0 aliphatic carbocycles. The summed E-state index contributed by atoms with van der Waals surface area (Å²) >= 11 is 0. The van der Waals surface area contributed by atoms with Crippen molar-refractivity contribution in [3.8, 4) is 0 Å². The lowest BCUT2D eigenvalue weighted by molar-refractivity contribution is 0.00358. The van der Waals surface area contributed by atoms with Crippen molar-refractivity contribution in [3.05, 3.63) is 0 Å². The van der Waals surface area contributed by atoms with Gasteiger partial charge in [-0.25, -0.2) is 0 Å². The number of nitrogens with zero attached hydrogens (tertiary/aromatic N) is 1. The van der Waals surface area contributed by atoms with Crippen molar-refractivity contribution in [1.82, 2.24) is 10.2 Å². The van der Waals surface area contributed by atoms with Gasteiger partial charge in [0, 0.05) is 6.04 Å². The first-order valence-electron chi connectivity index (χ1n) is 6.19. The summed E-state index contributed by atoms with van der Waals surface area (Å²) in [5.41, 5.74) is 0.660. The van der Waals surface area contributed by atoms with Gasteiger partial charge in [-0.2, -0.15) is 0 Å². The van der Waals surface area contributed by atoms with E-state index in [-0.39, 0.29) is 0 Å². The van der Waals surface area contributed by atoms with Crippen molar-refractivity contribution >= 4 is 0 Å². The third-order valence-corrected chi connectivity index (χ3v) is 4.41. The number of nitrogens with one attached hydrogen (secondary N) is 1. The van der Waals surface area contributed by atoms with Gasteiger partial charge in [0.15, 0.2) is 0 Å². The van der Waals surface area contributed by atoms with Gasteiger partial charge in [0.1, 0.15) is 0 Å². The molecule has 1 unspecified atom stereocenters. The molecule has 2 rings (SSSR count). The minimum Gasteiger partial charge on any atom is -0.317 e. The van der Waals surface area contributed by atoms with Crippen LogP contribution in [0.2, 0.25) is 0 Å². The van der Waals surface area contributed by atoms with Crippen molar-refractivity contribution in [3.63, 3.8) is 0 Å². The second-order valence-corrected chi connectivity index (χ2v) is 5.12. The third-order valence-electron chi connectivity index (χ3n) is 4.41. The molecule has 1 N–H and O–H groups in total. The van der Waals surface area contributed by atoms with Crippen molar-refractivity contribution in [1.29, 1.82) is 0 Å². The van der Waals surface area contributed by atoms with Crippen molar-refractivity contribution in [2.75, 3.05) is 26.7 Å². The Labute approximate surface area is 88.1 Å². The molecule has 2 aliphatic rings. The largest absolute Gasteiger partial charge is 0.317 e. The predicted molar refractivity (Wildman–Crippen MR) is 60.5 cm³/mol. The first-order chi connectivity index (χ1) is 6.78. The summed E-state index contributed by atoms with van der Waals surface area (Å²) in [7, 11) is 2.32. The zero-order valence-electron chi connectivity index (χ0n) is 9.68. The van der Waals surface area contributed by atoms with E-state index in [0.29, 0.717) is 5.41 Å². The SMILES string of the molecule is CCC1N(C)CCCC12CCNCC2. The molecule has 0 aromatic carbocycles. The molecule has 1 spiro atoms. The summed E-state index contributed by atoms with van der Waals surface area (Å²) in [6.45, 7) is 6.15. The summed E-state index contributed by atoms with van der Waals surface area (Å²) in [6, 6.07) is 0.846. The van der Waals surface area contributed by atoms with E-state index in [1.54, 1.807) is 0 Å². The molecule has 82 valence electrons. The highest BCUT2D eigenvalue weighted by Crippen LogP contribution is 2.43. The van der Waals surface area contributed by atoms with Crippen molar-refractivity contribution < 1.29 is 0 Å². The summed E-state index contributed by atoms with van der Waals surface area (Å²) in [6.07, 6.45) is 7.01. The monoisotopic (exact) mass is 196 g/mol. The minimum absolute atomic E-state index is 0.660. The zero-order chi connectivity index (χ0) is 10.0. The molecule has 2 fully saturated rings. The van der Waals surface area contributed by atoms with Crippen LogP contribution in [0, 0.1) is 5.41 Å². The number of likely N-dealkylation sites (tertiary alicyclic amines) is 1. The van der Waals surface area contributed by atoms with Gasteiger partial charge < -0.3 is 10.2 Å². The Balaban J connectivity index is 2.12. The van der Waals surface area contributed by atoms with Crippen LogP contribution >= 0.6 is 0 Å². The molecule has 0 radical (unpaired) electrons. The molecule has 2 heterocycles. The van der Waals surface area contributed by atoms with Crippen molar-refractivity contribution in [2.45, 2.75) is 45.1 Å². The second kappa shape index (κ2) is 4.19. The van der Waals surface area contributed by atoms with E-state index >= 15 is 0 Å². The Hall–Kier alpha value is -0.0800. The van der Waals surface area contributed by atoms with Crippen LogP contribution in [-0.4, -0.2) is 37.6 Å². The van der Waals surface area contributed by atoms with Gasteiger partial charge in [0.25, 0.3) is 0 Å². The van der Waals surface area contributed by atoms with Crippen molar-refractivity contribution in [2.24, 2.45) is 5.41 Å². The number of hydrogen-bond donors (Lipinski definition) is 1. The summed E-state index contributed by atoms with van der Waals surface area (Å²) < 4.78 is 0. The summed E-state index contributed by atoms with van der Waals surface area (Å²) in [4.78, 5) is 2.61. The molecule has 14 heavy (non-hydrogen) atoms. The van der Waals surface area contributed by atoms with Gasteiger partial charge in [-0.3, -0.25) is 0 Å². The summed E-state index contributed by atoms with van der Waals surface area (Å²) in [5, 5.41) is 3.50. The van der Waals surface area contributed by atoms with Crippen LogP contribution in [-0.2, 0) is 0 Å². The smallest absolute Gasteiger partial charge is 0.0147 e. The Kier molecular flexibility index (Phi) is 3.13. The number of piperidine rings is 2. The molecule has 2 saturated heterocycles. The Bertz CT molecular complexity index is 179.